The molecule has 0 aliphatic heterocycles. The van der Waals surface area contributed by atoms with Gasteiger partial charge in [0.05, 0.1) is 5.02 Å². The van der Waals surface area contributed by atoms with Crippen LogP contribution >= 0.6 is 35.0 Å². The highest BCUT2D eigenvalue weighted by molar-refractivity contribution is 7.99. The van der Waals surface area contributed by atoms with Crippen LogP contribution in [0, 0.1) is 0 Å². The summed E-state index contributed by atoms with van der Waals surface area (Å²) in [4.78, 5) is 13.5. The summed E-state index contributed by atoms with van der Waals surface area (Å²) in [6.45, 7) is 1.86. The van der Waals surface area contributed by atoms with E-state index in [1.54, 1.807) is 12.1 Å². The SMILES string of the molecule is CCC(=O)c1ccc(Sc2cc(Cl)ccc2Cl)cc1. The largest absolute Gasteiger partial charge is 0.294 e. The Morgan fingerprint density at radius 3 is 2.42 bits per heavy atom. The van der Waals surface area contributed by atoms with Gasteiger partial charge in [-0.1, -0.05) is 54.0 Å². The third kappa shape index (κ3) is 3.75. The highest BCUT2D eigenvalue weighted by atomic mass is 35.5. The molecule has 0 unspecified atom stereocenters. The second kappa shape index (κ2) is 6.47. The topological polar surface area (TPSA) is 17.1 Å². The number of rotatable bonds is 4. The first-order valence-corrected chi connectivity index (χ1v) is 7.43. The zero-order valence-electron chi connectivity index (χ0n) is 10.3. The van der Waals surface area contributed by atoms with Gasteiger partial charge in [-0.15, -0.1) is 0 Å². The van der Waals surface area contributed by atoms with Gasteiger partial charge in [-0.3, -0.25) is 4.79 Å². The fourth-order valence-corrected chi connectivity index (χ4v) is 2.94. The van der Waals surface area contributed by atoms with Gasteiger partial charge >= 0.3 is 0 Å². The lowest BCUT2D eigenvalue weighted by Crippen LogP contribution is -1.95. The van der Waals surface area contributed by atoms with E-state index in [9.17, 15) is 4.79 Å². The molecule has 2 rings (SSSR count). The lowest BCUT2D eigenvalue weighted by atomic mass is 10.1. The summed E-state index contributed by atoms with van der Waals surface area (Å²) < 4.78 is 0. The number of hydrogen-bond donors (Lipinski definition) is 0. The molecule has 0 aliphatic carbocycles. The molecule has 2 aromatic carbocycles. The molecule has 19 heavy (non-hydrogen) atoms. The van der Waals surface area contributed by atoms with Crippen LogP contribution in [-0.4, -0.2) is 5.78 Å². The predicted molar refractivity (Wildman–Crippen MR) is 81.6 cm³/mol. The summed E-state index contributed by atoms with van der Waals surface area (Å²) in [5.41, 5.74) is 0.740. The number of carbonyl (C=O) groups excluding carboxylic acids is 1. The number of ketones is 1. The van der Waals surface area contributed by atoms with Crippen molar-refractivity contribution < 1.29 is 4.79 Å². The van der Waals surface area contributed by atoms with Crippen LogP contribution in [-0.2, 0) is 0 Å². The number of benzene rings is 2. The quantitative estimate of drug-likeness (QED) is 0.670. The van der Waals surface area contributed by atoms with E-state index in [1.807, 2.05) is 37.3 Å². The summed E-state index contributed by atoms with van der Waals surface area (Å²) >= 11 is 13.6. The van der Waals surface area contributed by atoms with Crippen molar-refractivity contribution in [3.8, 4) is 0 Å². The Bertz CT molecular complexity index is 594. The fourth-order valence-electron chi connectivity index (χ4n) is 1.60. The maximum absolute atomic E-state index is 11.5. The molecule has 0 aliphatic rings. The van der Waals surface area contributed by atoms with E-state index in [0.29, 0.717) is 16.5 Å². The van der Waals surface area contributed by atoms with Crippen LogP contribution in [0.2, 0.25) is 10.0 Å². The van der Waals surface area contributed by atoms with E-state index >= 15 is 0 Å². The maximum atomic E-state index is 11.5. The molecule has 0 aromatic heterocycles. The molecule has 0 spiro atoms. The lowest BCUT2D eigenvalue weighted by molar-refractivity contribution is 0.0988. The van der Waals surface area contributed by atoms with E-state index in [2.05, 4.69) is 0 Å². The van der Waals surface area contributed by atoms with E-state index in [0.717, 1.165) is 15.4 Å². The summed E-state index contributed by atoms with van der Waals surface area (Å²) in [5.74, 6) is 0.150. The van der Waals surface area contributed by atoms with Gasteiger partial charge < -0.3 is 0 Å². The Hall–Kier alpha value is -0.960. The Labute approximate surface area is 126 Å². The molecule has 0 saturated heterocycles. The van der Waals surface area contributed by atoms with Crippen LogP contribution in [0.25, 0.3) is 0 Å². The maximum Gasteiger partial charge on any atom is 0.162 e. The van der Waals surface area contributed by atoms with Crippen molar-refractivity contribution in [1.29, 1.82) is 0 Å². The summed E-state index contributed by atoms with van der Waals surface area (Å²) in [5, 5.41) is 1.33. The van der Waals surface area contributed by atoms with Gasteiger partial charge in [-0.2, -0.15) is 0 Å². The Morgan fingerprint density at radius 2 is 1.79 bits per heavy atom. The summed E-state index contributed by atoms with van der Waals surface area (Å²) in [7, 11) is 0. The van der Waals surface area contributed by atoms with Crippen molar-refractivity contribution in [2.24, 2.45) is 0 Å². The minimum atomic E-state index is 0.150. The molecular weight excluding hydrogens is 299 g/mol. The molecule has 0 atom stereocenters. The zero-order chi connectivity index (χ0) is 13.8. The van der Waals surface area contributed by atoms with Crippen molar-refractivity contribution >= 4 is 40.7 Å². The Balaban J connectivity index is 2.19. The zero-order valence-corrected chi connectivity index (χ0v) is 12.6. The first-order valence-electron chi connectivity index (χ1n) is 5.86. The van der Waals surface area contributed by atoms with E-state index < -0.39 is 0 Å². The molecule has 0 fully saturated rings. The highest BCUT2D eigenvalue weighted by Crippen LogP contribution is 2.35. The van der Waals surface area contributed by atoms with Crippen LogP contribution in [0.3, 0.4) is 0 Å². The minimum absolute atomic E-state index is 0.150. The van der Waals surface area contributed by atoms with Crippen molar-refractivity contribution in [3.63, 3.8) is 0 Å². The fraction of sp³-hybridized carbons (Fsp3) is 0.133. The number of Topliss-reactive ketones (excluding diaryl/α,β-unsaturated/α-hetero) is 1. The van der Waals surface area contributed by atoms with Crippen LogP contribution in [0.5, 0.6) is 0 Å². The molecule has 0 heterocycles. The van der Waals surface area contributed by atoms with Crippen LogP contribution in [0.15, 0.2) is 52.3 Å². The van der Waals surface area contributed by atoms with Gasteiger partial charge in [0.25, 0.3) is 0 Å². The molecular formula is C15H12Cl2OS. The summed E-state index contributed by atoms with van der Waals surface area (Å²) in [6, 6.07) is 12.9. The van der Waals surface area contributed by atoms with Crippen LogP contribution in [0.1, 0.15) is 23.7 Å². The van der Waals surface area contributed by atoms with Crippen LogP contribution in [0.4, 0.5) is 0 Å². The molecule has 0 bridgehead atoms. The molecule has 1 nitrogen and oxygen atoms in total. The monoisotopic (exact) mass is 310 g/mol. The van der Waals surface area contributed by atoms with E-state index in [-0.39, 0.29) is 5.78 Å². The number of hydrogen-bond acceptors (Lipinski definition) is 2. The van der Waals surface area contributed by atoms with Crippen molar-refractivity contribution in [2.75, 3.05) is 0 Å². The molecule has 98 valence electrons. The van der Waals surface area contributed by atoms with Crippen molar-refractivity contribution in [2.45, 2.75) is 23.1 Å². The number of carbonyl (C=O) groups is 1. The molecule has 0 radical (unpaired) electrons. The first kappa shape index (κ1) is 14.4. The van der Waals surface area contributed by atoms with Gasteiger partial charge in [-0.05, 0) is 30.3 Å². The second-order valence-corrected chi connectivity index (χ2v) is 5.94. The highest BCUT2D eigenvalue weighted by Gasteiger charge is 2.06. The predicted octanol–water partition coefficient (Wildman–Crippen LogP) is 5.74. The molecule has 0 N–H and O–H groups in total. The van der Waals surface area contributed by atoms with Crippen LogP contribution < -0.4 is 0 Å². The van der Waals surface area contributed by atoms with Crippen molar-refractivity contribution in [1.82, 2.24) is 0 Å². The van der Waals surface area contributed by atoms with Gasteiger partial charge in [0.15, 0.2) is 5.78 Å². The Morgan fingerprint density at radius 1 is 1.11 bits per heavy atom. The average molecular weight is 311 g/mol. The third-order valence-corrected chi connectivity index (χ3v) is 4.36. The lowest BCUT2D eigenvalue weighted by Gasteiger charge is -2.05. The summed E-state index contributed by atoms with van der Waals surface area (Å²) in [6.07, 6.45) is 0.520. The van der Waals surface area contributed by atoms with Gasteiger partial charge in [0.2, 0.25) is 0 Å². The normalized spacial score (nSPS) is 10.5. The minimum Gasteiger partial charge on any atom is -0.294 e. The molecule has 0 saturated carbocycles. The Kier molecular flexibility index (Phi) is 4.92. The third-order valence-electron chi connectivity index (χ3n) is 2.62. The van der Waals surface area contributed by atoms with Crippen molar-refractivity contribution in [3.05, 3.63) is 58.1 Å². The smallest absolute Gasteiger partial charge is 0.162 e. The molecule has 4 heteroatoms. The van der Waals surface area contributed by atoms with Gasteiger partial charge in [-0.25, -0.2) is 0 Å². The molecule has 0 amide bonds. The van der Waals surface area contributed by atoms with E-state index in [4.69, 9.17) is 23.2 Å². The first-order chi connectivity index (χ1) is 9.10. The number of halogens is 2. The average Bonchev–Trinajstić information content (AvgIpc) is 2.43. The van der Waals surface area contributed by atoms with Gasteiger partial charge in [0.1, 0.15) is 0 Å². The standard InChI is InChI=1S/C15H12Cl2OS/c1-2-14(18)10-3-6-12(7-4-10)19-15-9-11(16)5-8-13(15)17/h3-9H,2H2,1H3. The van der Waals surface area contributed by atoms with E-state index in [1.165, 1.54) is 11.8 Å². The molecule has 2 aromatic rings. The van der Waals surface area contributed by atoms with Gasteiger partial charge in [0, 0.05) is 26.8 Å². The second-order valence-electron chi connectivity index (χ2n) is 3.98.